The van der Waals surface area contributed by atoms with Crippen molar-refractivity contribution in [1.29, 1.82) is 0 Å². The summed E-state index contributed by atoms with van der Waals surface area (Å²) in [4.78, 5) is 34.6. The highest BCUT2D eigenvalue weighted by Gasteiger charge is 2.22. The molecule has 1 atom stereocenters. The molecule has 7 heteroatoms. The van der Waals surface area contributed by atoms with Crippen molar-refractivity contribution in [2.75, 3.05) is 0 Å². The van der Waals surface area contributed by atoms with E-state index in [1.54, 1.807) is 32.9 Å². The van der Waals surface area contributed by atoms with Crippen LogP contribution in [0.3, 0.4) is 0 Å². The van der Waals surface area contributed by atoms with Gasteiger partial charge in [-0.3, -0.25) is 4.79 Å². The van der Waals surface area contributed by atoms with E-state index in [0.717, 1.165) is 5.56 Å². The van der Waals surface area contributed by atoms with E-state index >= 15 is 0 Å². The van der Waals surface area contributed by atoms with Gasteiger partial charge in [0.25, 0.3) is 0 Å². The van der Waals surface area contributed by atoms with Gasteiger partial charge in [-0.2, -0.15) is 0 Å². The summed E-state index contributed by atoms with van der Waals surface area (Å²) in [7, 11) is 0. The van der Waals surface area contributed by atoms with Gasteiger partial charge in [0.1, 0.15) is 18.2 Å². The fourth-order valence-electron chi connectivity index (χ4n) is 2.01. The Morgan fingerprint density at radius 2 is 1.80 bits per heavy atom. The van der Waals surface area contributed by atoms with Crippen molar-refractivity contribution in [3.63, 3.8) is 0 Å². The molecule has 0 unspecified atom stereocenters. The van der Waals surface area contributed by atoms with E-state index in [-0.39, 0.29) is 25.9 Å². The van der Waals surface area contributed by atoms with E-state index in [1.165, 1.54) is 0 Å². The lowest BCUT2D eigenvalue weighted by Crippen LogP contribution is -2.41. The van der Waals surface area contributed by atoms with Crippen molar-refractivity contribution in [2.45, 2.75) is 58.3 Å². The number of hydrogen-bond acceptors (Lipinski definition) is 5. The number of carboxylic acid groups (broad SMARTS) is 1. The highest BCUT2D eigenvalue weighted by Crippen LogP contribution is 2.11. The van der Waals surface area contributed by atoms with Gasteiger partial charge in [-0.25, -0.2) is 9.59 Å². The Bertz CT molecular complexity index is 579. The normalized spacial score (nSPS) is 12.1. The summed E-state index contributed by atoms with van der Waals surface area (Å²) in [6.07, 6.45) is -0.338. The van der Waals surface area contributed by atoms with E-state index in [4.69, 9.17) is 9.47 Å². The first kappa shape index (κ1) is 20.5. The van der Waals surface area contributed by atoms with Crippen LogP contribution in [0.2, 0.25) is 0 Å². The number of carbonyl (C=O) groups excluding carboxylic acids is 2. The van der Waals surface area contributed by atoms with E-state index in [2.05, 4.69) is 5.32 Å². The lowest BCUT2D eigenvalue weighted by Gasteiger charge is -2.20. The van der Waals surface area contributed by atoms with E-state index in [1.807, 2.05) is 18.2 Å². The summed E-state index contributed by atoms with van der Waals surface area (Å²) in [5, 5.41) is 11.5. The first-order chi connectivity index (χ1) is 11.7. The van der Waals surface area contributed by atoms with Gasteiger partial charge < -0.3 is 19.9 Å². The summed E-state index contributed by atoms with van der Waals surface area (Å²) in [5.41, 5.74) is 0.220. The SMILES string of the molecule is CC(C)(C)OC(=O)CCC[C@@H](NC(=O)OCc1ccccc1)C(=O)O. The Kier molecular flexibility index (Phi) is 7.91. The molecule has 0 radical (unpaired) electrons. The third kappa shape index (κ3) is 9.34. The number of alkyl carbamates (subject to hydrolysis) is 1. The van der Waals surface area contributed by atoms with Crippen molar-refractivity contribution >= 4 is 18.0 Å². The fraction of sp³-hybridized carbons (Fsp3) is 0.500. The number of nitrogens with one attached hydrogen (secondary N) is 1. The molecular weight excluding hydrogens is 326 g/mol. The van der Waals surface area contributed by atoms with Crippen LogP contribution in [-0.4, -0.2) is 34.8 Å². The van der Waals surface area contributed by atoms with Crippen LogP contribution in [-0.2, 0) is 25.7 Å². The molecule has 1 aromatic rings. The van der Waals surface area contributed by atoms with Crippen LogP contribution in [0.1, 0.15) is 45.6 Å². The van der Waals surface area contributed by atoms with Crippen molar-refractivity contribution in [3.8, 4) is 0 Å². The van der Waals surface area contributed by atoms with E-state index in [0.29, 0.717) is 0 Å². The van der Waals surface area contributed by atoms with Gasteiger partial charge in [-0.05, 0) is 39.2 Å². The second-order valence-electron chi connectivity index (χ2n) is 6.58. The lowest BCUT2D eigenvalue weighted by molar-refractivity contribution is -0.155. The largest absolute Gasteiger partial charge is 0.480 e. The van der Waals surface area contributed by atoms with Crippen LogP contribution in [0.4, 0.5) is 4.79 Å². The Morgan fingerprint density at radius 3 is 2.36 bits per heavy atom. The summed E-state index contributed by atoms with van der Waals surface area (Å²) >= 11 is 0. The number of rotatable bonds is 8. The Balaban J connectivity index is 2.37. The standard InChI is InChI=1S/C18H25NO6/c1-18(2,3)25-15(20)11-7-10-14(16(21)22)19-17(23)24-12-13-8-5-4-6-9-13/h4-6,8-9,14H,7,10-12H2,1-3H3,(H,19,23)(H,21,22)/t14-/m1/s1. The fourth-order valence-corrected chi connectivity index (χ4v) is 2.01. The molecule has 138 valence electrons. The molecule has 0 heterocycles. The minimum atomic E-state index is -1.18. The maximum atomic E-state index is 11.7. The third-order valence-corrected chi connectivity index (χ3v) is 3.10. The maximum absolute atomic E-state index is 11.7. The van der Waals surface area contributed by atoms with Gasteiger partial charge in [0.2, 0.25) is 0 Å². The smallest absolute Gasteiger partial charge is 0.408 e. The number of hydrogen-bond donors (Lipinski definition) is 2. The molecule has 0 bridgehead atoms. The minimum Gasteiger partial charge on any atom is -0.480 e. The van der Waals surface area contributed by atoms with Crippen molar-refractivity contribution < 1.29 is 29.0 Å². The van der Waals surface area contributed by atoms with Crippen LogP contribution in [0.15, 0.2) is 30.3 Å². The average molecular weight is 351 g/mol. The molecule has 2 N–H and O–H groups in total. The van der Waals surface area contributed by atoms with Crippen molar-refractivity contribution in [3.05, 3.63) is 35.9 Å². The topological polar surface area (TPSA) is 102 Å². The molecule has 25 heavy (non-hydrogen) atoms. The Labute approximate surface area is 147 Å². The second kappa shape index (κ2) is 9.66. The summed E-state index contributed by atoms with van der Waals surface area (Å²) in [6.45, 7) is 5.33. The molecule has 0 aliphatic rings. The molecule has 0 aromatic heterocycles. The van der Waals surface area contributed by atoms with E-state index < -0.39 is 29.7 Å². The van der Waals surface area contributed by atoms with Gasteiger partial charge in [0.15, 0.2) is 0 Å². The lowest BCUT2D eigenvalue weighted by atomic mass is 10.1. The molecule has 0 saturated heterocycles. The van der Waals surface area contributed by atoms with Gasteiger partial charge >= 0.3 is 18.0 Å². The molecule has 0 fully saturated rings. The van der Waals surface area contributed by atoms with Gasteiger partial charge in [-0.1, -0.05) is 30.3 Å². The van der Waals surface area contributed by atoms with Gasteiger partial charge in [-0.15, -0.1) is 0 Å². The monoisotopic (exact) mass is 351 g/mol. The second-order valence-corrected chi connectivity index (χ2v) is 6.58. The van der Waals surface area contributed by atoms with Crippen molar-refractivity contribution in [2.24, 2.45) is 0 Å². The van der Waals surface area contributed by atoms with Crippen LogP contribution in [0, 0.1) is 0 Å². The molecular formula is C18H25NO6. The predicted octanol–water partition coefficient (Wildman–Crippen LogP) is 2.88. The number of aliphatic carboxylic acids is 1. The van der Waals surface area contributed by atoms with Crippen molar-refractivity contribution in [1.82, 2.24) is 5.32 Å². The molecule has 7 nitrogen and oxygen atoms in total. The molecule has 0 aliphatic carbocycles. The number of amides is 1. The van der Waals surface area contributed by atoms with Gasteiger partial charge in [0, 0.05) is 6.42 Å². The molecule has 1 rings (SSSR count). The zero-order chi connectivity index (χ0) is 18.9. The predicted molar refractivity (Wildman–Crippen MR) is 90.9 cm³/mol. The van der Waals surface area contributed by atoms with Crippen LogP contribution in [0.25, 0.3) is 0 Å². The zero-order valence-corrected chi connectivity index (χ0v) is 14.8. The molecule has 1 aromatic carbocycles. The molecule has 0 aliphatic heterocycles. The number of esters is 1. The molecule has 0 spiro atoms. The van der Waals surface area contributed by atoms with E-state index in [9.17, 15) is 19.5 Å². The van der Waals surface area contributed by atoms with Gasteiger partial charge in [0.05, 0.1) is 0 Å². The number of ether oxygens (including phenoxy) is 2. The average Bonchev–Trinajstić information content (AvgIpc) is 2.51. The highest BCUT2D eigenvalue weighted by atomic mass is 16.6. The minimum absolute atomic E-state index is 0.0525. The summed E-state index contributed by atoms with van der Waals surface area (Å²) in [6, 6.07) is 7.94. The maximum Gasteiger partial charge on any atom is 0.408 e. The first-order valence-electron chi connectivity index (χ1n) is 8.09. The highest BCUT2D eigenvalue weighted by molar-refractivity contribution is 5.80. The number of benzene rings is 1. The molecule has 1 amide bonds. The Morgan fingerprint density at radius 1 is 1.16 bits per heavy atom. The van der Waals surface area contributed by atoms with Crippen LogP contribution >= 0.6 is 0 Å². The Hall–Kier alpha value is -2.57. The number of carbonyl (C=O) groups is 3. The quantitative estimate of drug-likeness (QED) is 0.698. The van der Waals surface area contributed by atoms with Crippen LogP contribution in [0.5, 0.6) is 0 Å². The first-order valence-corrected chi connectivity index (χ1v) is 8.09. The third-order valence-electron chi connectivity index (χ3n) is 3.10. The molecule has 0 saturated carbocycles. The zero-order valence-electron chi connectivity index (χ0n) is 14.8. The number of carboxylic acids is 1. The summed E-state index contributed by atoms with van der Waals surface area (Å²) in [5.74, 6) is -1.58. The van der Waals surface area contributed by atoms with Crippen LogP contribution < -0.4 is 5.32 Å². The summed E-state index contributed by atoms with van der Waals surface area (Å²) < 4.78 is 10.1.